The van der Waals surface area contributed by atoms with Gasteiger partial charge in [-0.1, -0.05) is 19.1 Å². The average molecular weight is 331 g/mol. The molecule has 2 rings (SSSR count). The molecule has 2 atom stereocenters. The lowest BCUT2D eigenvalue weighted by Gasteiger charge is -2.22. The predicted molar refractivity (Wildman–Crippen MR) is 86.1 cm³/mol. The fourth-order valence-corrected chi connectivity index (χ4v) is 5.11. The van der Waals surface area contributed by atoms with E-state index in [4.69, 9.17) is 11.6 Å². The van der Waals surface area contributed by atoms with Crippen LogP contribution < -0.4 is 0 Å². The molecule has 0 aromatic heterocycles. The minimum atomic E-state index is -3.45. The second-order valence-electron chi connectivity index (χ2n) is 6.00. The maximum Gasteiger partial charge on any atom is 0.243 e. The minimum Gasteiger partial charge on any atom is -0.305 e. The van der Waals surface area contributed by atoms with Crippen LogP contribution in [0.25, 0.3) is 0 Å². The van der Waals surface area contributed by atoms with Crippen LogP contribution in [0.15, 0.2) is 23.1 Å². The van der Waals surface area contributed by atoms with Gasteiger partial charge in [0.25, 0.3) is 0 Å². The molecule has 1 aromatic rings. The van der Waals surface area contributed by atoms with Crippen molar-refractivity contribution in [3.8, 4) is 0 Å². The third kappa shape index (κ3) is 3.11. The van der Waals surface area contributed by atoms with Crippen LogP contribution in [0.4, 0.5) is 0 Å². The Morgan fingerprint density at radius 1 is 1.33 bits per heavy atom. The molecule has 0 N–H and O–H groups in total. The molecule has 21 heavy (non-hydrogen) atoms. The van der Waals surface area contributed by atoms with E-state index in [1.54, 1.807) is 16.4 Å². The van der Waals surface area contributed by atoms with Gasteiger partial charge in [0, 0.05) is 25.0 Å². The third-order valence-corrected chi connectivity index (χ3v) is 6.62. The van der Waals surface area contributed by atoms with E-state index in [-0.39, 0.29) is 6.04 Å². The number of hydrogen-bond donors (Lipinski definition) is 0. The van der Waals surface area contributed by atoms with Crippen molar-refractivity contribution in [1.82, 2.24) is 9.21 Å². The first-order chi connectivity index (χ1) is 9.78. The van der Waals surface area contributed by atoms with Crippen LogP contribution in [0.2, 0.25) is 0 Å². The van der Waals surface area contributed by atoms with Crippen LogP contribution >= 0.6 is 11.6 Å². The van der Waals surface area contributed by atoms with E-state index in [1.165, 1.54) is 0 Å². The lowest BCUT2D eigenvalue weighted by molar-refractivity contribution is 0.263. The first kappa shape index (κ1) is 16.7. The number of hydrogen-bond acceptors (Lipinski definition) is 3. The third-order valence-electron chi connectivity index (χ3n) is 4.36. The average Bonchev–Trinajstić information content (AvgIpc) is 2.81. The van der Waals surface area contributed by atoms with Crippen molar-refractivity contribution < 1.29 is 8.42 Å². The van der Waals surface area contributed by atoms with Gasteiger partial charge in [0.2, 0.25) is 10.0 Å². The summed E-state index contributed by atoms with van der Waals surface area (Å²) in [5, 5.41) is 0. The molecule has 0 bridgehead atoms. The summed E-state index contributed by atoms with van der Waals surface area (Å²) in [5.41, 5.74) is 1.63. The molecule has 1 saturated heterocycles. The molecule has 4 nitrogen and oxygen atoms in total. The molecule has 0 saturated carbocycles. The Balaban J connectivity index is 2.36. The molecular weight excluding hydrogens is 308 g/mol. The van der Waals surface area contributed by atoms with E-state index in [0.29, 0.717) is 29.8 Å². The summed E-state index contributed by atoms with van der Waals surface area (Å²) in [6.45, 7) is 5.03. The molecule has 1 heterocycles. The smallest absolute Gasteiger partial charge is 0.243 e. The molecule has 0 aliphatic carbocycles. The minimum absolute atomic E-state index is 0.260. The van der Waals surface area contributed by atoms with Gasteiger partial charge in [0.05, 0.1) is 4.90 Å². The standard InChI is InChI=1S/C15H23ClN2O2S/c1-11-9-18(10-14(11)17(3)4)21(19,20)15-7-5-6-13(8-16)12(15)2/h5-7,11,14H,8-10H2,1-4H3. The Hall–Kier alpha value is -0.620. The number of halogens is 1. The molecule has 0 spiro atoms. The number of nitrogens with zero attached hydrogens (tertiary/aromatic N) is 2. The SMILES string of the molecule is Cc1c(CCl)cccc1S(=O)(=O)N1CC(C)C(N(C)C)C1. The molecule has 6 heteroatoms. The van der Waals surface area contributed by atoms with Crippen LogP contribution in [0.1, 0.15) is 18.1 Å². The van der Waals surface area contributed by atoms with Gasteiger partial charge < -0.3 is 4.90 Å². The highest BCUT2D eigenvalue weighted by molar-refractivity contribution is 7.89. The van der Waals surface area contributed by atoms with E-state index in [2.05, 4.69) is 11.8 Å². The summed E-state index contributed by atoms with van der Waals surface area (Å²) < 4.78 is 27.4. The number of likely N-dealkylation sites (N-methyl/N-ethyl adjacent to an activating group) is 1. The van der Waals surface area contributed by atoms with Gasteiger partial charge in [-0.3, -0.25) is 0 Å². The fraction of sp³-hybridized carbons (Fsp3) is 0.600. The van der Waals surface area contributed by atoms with E-state index in [9.17, 15) is 8.42 Å². The summed E-state index contributed by atoms with van der Waals surface area (Å²) >= 11 is 5.89. The Morgan fingerprint density at radius 2 is 2.00 bits per heavy atom. The fourth-order valence-electron chi connectivity index (χ4n) is 3.00. The van der Waals surface area contributed by atoms with E-state index in [0.717, 1.165) is 11.1 Å². The summed E-state index contributed by atoms with van der Waals surface area (Å²) in [6.07, 6.45) is 0. The van der Waals surface area contributed by atoms with Gasteiger partial charge in [0.1, 0.15) is 0 Å². The molecule has 2 unspecified atom stereocenters. The lowest BCUT2D eigenvalue weighted by Crippen LogP contribution is -2.36. The second kappa shape index (κ2) is 6.24. The van der Waals surface area contributed by atoms with Crippen molar-refractivity contribution in [2.24, 2.45) is 5.92 Å². The highest BCUT2D eigenvalue weighted by Gasteiger charge is 2.38. The van der Waals surface area contributed by atoms with E-state index < -0.39 is 10.0 Å². The zero-order chi connectivity index (χ0) is 15.8. The molecule has 118 valence electrons. The zero-order valence-electron chi connectivity index (χ0n) is 13.0. The number of rotatable bonds is 4. The summed E-state index contributed by atoms with van der Waals surface area (Å²) in [5.74, 6) is 0.651. The number of alkyl halides is 1. The normalized spacial score (nSPS) is 23.9. The molecule has 1 aliphatic rings. The van der Waals surface area contributed by atoms with Gasteiger partial charge in [-0.05, 0) is 44.1 Å². The van der Waals surface area contributed by atoms with Crippen LogP contribution in [0.3, 0.4) is 0 Å². The number of benzene rings is 1. The van der Waals surface area contributed by atoms with Crippen molar-refractivity contribution in [2.75, 3.05) is 27.2 Å². The monoisotopic (exact) mass is 330 g/mol. The van der Waals surface area contributed by atoms with Crippen molar-refractivity contribution in [3.63, 3.8) is 0 Å². The molecule has 0 amide bonds. The highest BCUT2D eigenvalue weighted by Crippen LogP contribution is 2.29. The van der Waals surface area contributed by atoms with Crippen molar-refractivity contribution in [3.05, 3.63) is 29.3 Å². The first-order valence-corrected chi connectivity index (χ1v) is 9.07. The quantitative estimate of drug-likeness (QED) is 0.795. The van der Waals surface area contributed by atoms with Crippen LogP contribution in [0.5, 0.6) is 0 Å². The van der Waals surface area contributed by atoms with Gasteiger partial charge >= 0.3 is 0 Å². The maximum absolute atomic E-state index is 12.9. The Labute approximate surface area is 132 Å². The van der Waals surface area contributed by atoms with Crippen molar-refractivity contribution >= 4 is 21.6 Å². The van der Waals surface area contributed by atoms with Gasteiger partial charge in [0.15, 0.2) is 0 Å². The summed E-state index contributed by atoms with van der Waals surface area (Å²) in [6, 6.07) is 5.57. The summed E-state index contributed by atoms with van der Waals surface area (Å²) in [4.78, 5) is 2.48. The van der Waals surface area contributed by atoms with Crippen molar-refractivity contribution in [2.45, 2.75) is 30.7 Å². The summed E-state index contributed by atoms with van der Waals surface area (Å²) in [7, 11) is 0.540. The highest BCUT2D eigenvalue weighted by atomic mass is 35.5. The van der Waals surface area contributed by atoms with Gasteiger partial charge in [-0.2, -0.15) is 4.31 Å². The van der Waals surface area contributed by atoms with Crippen LogP contribution in [0, 0.1) is 12.8 Å². The molecule has 0 radical (unpaired) electrons. The maximum atomic E-state index is 12.9. The molecule has 1 aromatic carbocycles. The molecular formula is C15H23ClN2O2S. The Bertz CT molecular complexity index is 616. The zero-order valence-corrected chi connectivity index (χ0v) is 14.6. The number of sulfonamides is 1. The van der Waals surface area contributed by atoms with Crippen LogP contribution in [-0.4, -0.2) is 50.8 Å². The first-order valence-electron chi connectivity index (χ1n) is 7.10. The lowest BCUT2D eigenvalue weighted by atomic mass is 10.1. The van der Waals surface area contributed by atoms with Crippen molar-refractivity contribution in [1.29, 1.82) is 0 Å². The Kier molecular flexibility index (Phi) is 4.98. The van der Waals surface area contributed by atoms with E-state index >= 15 is 0 Å². The second-order valence-corrected chi connectivity index (χ2v) is 8.18. The Morgan fingerprint density at radius 3 is 2.52 bits per heavy atom. The van der Waals surface area contributed by atoms with Crippen LogP contribution in [-0.2, 0) is 15.9 Å². The molecule has 1 aliphatic heterocycles. The largest absolute Gasteiger partial charge is 0.305 e. The van der Waals surface area contributed by atoms with Gasteiger partial charge in [-0.25, -0.2) is 8.42 Å². The molecule has 1 fully saturated rings. The van der Waals surface area contributed by atoms with Gasteiger partial charge in [-0.15, -0.1) is 11.6 Å². The van der Waals surface area contributed by atoms with E-state index in [1.807, 2.05) is 27.1 Å². The topological polar surface area (TPSA) is 40.6 Å². The predicted octanol–water partition coefficient (Wildman–Crippen LogP) is 2.30.